The molecule has 4 N–H and O–H groups in total. The number of hydrogen-bond acceptors (Lipinski definition) is 22. The van der Waals surface area contributed by atoms with Gasteiger partial charge in [0, 0.05) is 135 Å². The van der Waals surface area contributed by atoms with Gasteiger partial charge >= 0.3 is 0 Å². The topological polar surface area (TPSA) is 275 Å². The summed E-state index contributed by atoms with van der Waals surface area (Å²) >= 11 is 0. The van der Waals surface area contributed by atoms with E-state index in [1.165, 1.54) is 85.2 Å². The number of piperidine rings is 3. The molecule has 686 valence electrons. The van der Waals surface area contributed by atoms with Crippen molar-refractivity contribution >= 4 is 21.7 Å². The van der Waals surface area contributed by atoms with E-state index >= 15 is 0 Å². The Morgan fingerprint density at radius 3 is 1.41 bits per heavy atom. The molecule has 1 amide bonds. The molecule has 7 aromatic heterocycles. The first-order chi connectivity index (χ1) is 58.2. The Kier molecular flexibility index (Phi) is 38.4. The van der Waals surface area contributed by atoms with Crippen molar-refractivity contribution in [3.63, 3.8) is 0 Å². The zero-order valence-electron chi connectivity index (χ0n) is 80.3. The molecule has 7 aliphatic heterocycles. The molecule has 24 nitrogen and oxygen atoms in total. The second kappa shape index (κ2) is 46.8. The van der Waals surface area contributed by atoms with Crippen LogP contribution < -0.4 is 35.5 Å². The standard InChI is InChI=1S/C16H25N3O.C15H24N2.C14H23N3O2S.C14H22N2O.C14H22N2.C13H21N3O.C13H20N2O2/c1-12(20)19-9-6-14(7-10-19)18-15-11-13(5-8-17-15)16(2,3)4;1-15(2,3)13-5-7-16-14(10-13)9-12-6-8-17(4)11-12;1-14(2,3)13-8-12(15-10-16-13)7-11-5-6-17(9-11)20(4,18)19;1-14(2,3)11-8-13(10-16-9-11)17-12-4-6-15-7-5-12;1-14(2,3)13-7-12(9-16-10-13)6-11-4-5-15-8-11;1-13(2,3)11-8-12(16-9-15-11)17-10-4-6-14-7-5-10;1-13(2,3)11-8-12(15-9-14-11)17-10-4-6-16-7-5-10/h5,8,11,14H,6-7,9-10H2,1-4H3,(H,17,18);5,7,10,12H,6,8-9,11H2,1-4H3;8,10-11H,5-7,9H2,1-4H3;8-10,12,15H,4-7H2,1-3H3;7,9-11,15H,4-6,8H2,1-3H3;8-10,14H,4-7H2,1-3H3;8-10H,4-7H2,1-3H3. The second-order valence-electron chi connectivity index (χ2n) is 42.2. The fourth-order valence-corrected chi connectivity index (χ4v) is 16.4. The second-order valence-corrected chi connectivity index (χ2v) is 44.2. The molecule has 0 aromatic carbocycles. The zero-order valence-corrected chi connectivity index (χ0v) is 81.1. The number of likely N-dealkylation sites (tertiary alicyclic amines) is 2. The number of anilines is 1. The van der Waals surface area contributed by atoms with Crippen LogP contribution in [0.15, 0.2) is 111 Å². The number of carbonyl (C=O) groups excluding carboxylic acids is 1. The molecule has 0 radical (unpaired) electrons. The smallest absolute Gasteiger partial charge is 0.219 e. The van der Waals surface area contributed by atoms with Gasteiger partial charge < -0.3 is 50.0 Å². The third-order valence-electron chi connectivity index (χ3n) is 23.7. The summed E-state index contributed by atoms with van der Waals surface area (Å²) in [6.07, 6.45) is 33.3. The normalized spacial score (nSPS) is 19.4. The van der Waals surface area contributed by atoms with Gasteiger partial charge in [-0.2, -0.15) is 0 Å². The van der Waals surface area contributed by atoms with E-state index in [9.17, 15) is 13.2 Å². The Hall–Kier alpha value is -7.78. The van der Waals surface area contributed by atoms with Crippen LogP contribution >= 0.6 is 0 Å². The fourth-order valence-electron chi connectivity index (χ4n) is 15.5. The van der Waals surface area contributed by atoms with Gasteiger partial charge in [-0.15, -0.1) is 0 Å². The molecule has 0 bridgehead atoms. The lowest BCUT2D eigenvalue weighted by Gasteiger charge is -2.32. The summed E-state index contributed by atoms with van der Waals surface area (Å²) in [7, 11) is -0.851. The van der Waals surface area contributed by atoms with Crippen molar-refractivity contribution in [3.8, 4) is 17.5 Å². The van der Waals surface area contributed by atoms with Crippen molar-refractivity contribution < 1.29 is 32.2 Å². The van der Waals surface area contributed by atoms with Gasteiger partial charge in [0.25, 0.3) is 0 Å². The van der Waals surface area contributed by atoms with Crippen LogP contribution in [0.25, 0.3) is 0 Å². The van der Waals surface area contributed by atoms with Crippen molar-refractivity contribution in [3.05, 3.63) is 167 Å². The van der Waals surface area contributed by atoms with Crippen molar-refractivity contribution in [2.24, 2.45) is 17.8 Å². The quantitative estimate of drug-likeness (QED) is 0.0742. The minimum Gasteiger partial charge on any atom is -0.489 e. The van der Waals surface area contributed by atoms with Gasteiger partial charge in [-0.1, -0.05) is 151 Å². The molecule has 25 heteroatoms. The first kappa shape index (κ1) is 102. The highest BCUT2D eigenvalue weighted by Crippen LogP contribution is 2.33. The van der Waals surface area contributed by atoms with E-state index in [4.69, 9.17) is 18.9 Å². The average molecular weight is 1730 g/mol. The SMILES string of the molecule is CC(=O)N1CCC(Nc2cc(C(C)(C)C)ccn2)CC1.CC(C)(C)c1cc(CC2CCN(S(C)(=O)=O)C2)ncn1.CC(C)(C)c1cc(OC2CCNCC2)ncn1.CC(C)(C)c1cc(OC2CCOCC2)ncn1.CC(C)(C)c1cncc(CC2CCNC2)c1.CC(C)(C)c1cncc(OC2CCNCC2)c1.CN1CCC(Cc2cc(C(C)(C)C)ccn2)C1. The number of carbonyl (C=O) groups is 1. The van der Waals surface area contributed by atoms with Crippen molar-refractivity contribution in [1.82, 2.24) is 79.9 Å². The van der Waals surface area contributed by atoms with Gasteiger partial charge in [-0.3, -0.25) is 19.7 Å². The zero-order chi connectivity index (χ0) is 90.7. The molecule has 14 heterocycles. The predicted octanol–water partition coefficient (Wildman–Crippen LogP) is 16.6. The Balaban J connectivity index is 0.000000180. The van der Waals surface area contributed by atoms with Crippen molar-refractivity contribution in [1.29, 1.82) is 0 Å². The van der Waals surface area contributed by atoms with Gasteiger partial charge in [-0.05, 0) is 234 Å². The summed E-state index contributed by atoms with van der Waals surface area (Å²) in [5, 5.41) is 13.6. The Bertz CT molecular complexity index is 4180. The molecule has 124 heavy (non-hydrogen) atoms. The number of nitrogens with one attached hydrogen (secondary N) is 4. The fraction of sp³-hybridized carbons (Fsp3) is 0.667. The lowest BCUT2D eigenvalue weighted by atomic mass is 9.86. The summed E-state index contributed by atoms with van der Waals surface area (Å²) < 4.78 is 47.6. The van der Waals surface area contributed by atoms with Gasteiger partial charge in [0.1, 0.15) is 48.9 Å². The van der Waals surface area contributed by atoms with E-state index in [0.717, 1.165) is 169 Å². The molecular weight excluding hydrogens is 1570 g/mol. The molecular formula is C99H157N17O7S. The molecule has 7 aromatic rings. The minimum atomic E-state index is -3.06. The Morgan fingerprint density at radius 2 is 0.919 bits per heavy atom. The van der Waals surface area contributed by atoms with Crippen LogP contribution in [0.5, 0.6) is 17.5 Å². The van der Waals surface area contributed by atoms with Gasteiger partial charge in [-0.25, -0.2) is 47.6 Å². The highest BCUT2D eigenvalue weighted by molar-refractivity contribution is 7.88. The van der Waals surface area contributed by atoms with E-state index in [-0.39, 0.29) is 49.9 Å². The summed E-state index contributed by atoms with van der Waals surface area (Å²) in [5.74, 6) is 5.36. The van der Waals surface area contributed by atoms with E-state index in [1.807, 2.05) is 60.3 Å². The number of aromatic nitrogens is 10. The third kappa shape index (κ3) is 36.2. The number of ether oxygens (including phenoxy) is 4. The largest absolute Gasteiger partial charge is 0.489 e. The molecule has 0 spiro atoms. The van der Waals surface area contributed by atoms with E-state index < -0.39 is 10.0 Å². The van der Waals surface area contributed by atoms with Crippen molar-refractivity contribution in [2.75, 3.05) is 110 Å². The minimum absolute atomic E-state index is 0.00611. The molecule has 0 aliphatic carbocycles. The maximum Gasteiger partial charge on any atom is 0.219 e. The number of sulfonamides is 1. The van der Waals surface area contributed by atoms with Gasteiger partial charge in [0.15, 0.2) is 0 Å². The number of nitrogens with zero attached hydrogens (tertiary/aromatic N) is 13. The highest BCUT2D eigenvalue weighted by Gasteiger charge is 2.31. The van der Waals surface area contributed by atoms with Crippen LogP contribution in [0, 0.1) is 17.8 Å². The maximum absolute atomic E-state index is 11.5. The molecule has 3 unspecified atom stereocenters. The summed E-state index contributed by atoms with van der Waals surface area (Å²) in [5.41, 5.74) is 12.7. The number of hydrogen-bond donors (Lipinski definition) is 4. The molecule has 3 atom stereocenters. The lowest BCUT2D eigenvalue weighted by molar-refractivity contribution is -0.129. The summed E-state index contributed by atoms with van der Waals surface area (Å²) in [4.78, 5) is 58.8. The highest BCUT2D eigenvalue weighted by atomic mass is 32.2. The first-order valence-corrected chi connectivity index (χ1v) is 47.7. The van der Waals surface area contributed by atoms with Crippen molar-refractivity contribution in [2.45, 2.75) is 304 Å². The first-order valence-electron chi connectivity index (χ1n) is 45.8. The lowest BCUT2D eigenvalue weighted by Crippen LogP contribution is -2.41. The summed E-state index contributed by atoms with van der Waals surface area (Å²) in [6.45, 7) is 61.0. The number of amides is 1. The average Bonchev–Trinajstić information content (AvgIpc) is 1.63. The molecule has 7 aliphatic rings. The predicted molar refractivity (Wildman–Crippen MR) is 503 cm³/mol. The maximum atomic E-state index is 11.5. The van der Waals surface area contributed by atoms with Crippen LogP contribution in [0.2, 0.25) is 0 Å². The molecule has 7 saturated heterocycles. The third-order valence-corrected chi connectivity index (χ3v) is 24.9. The molecule has 14 rings (SSSR count). The van der Waals surface area contributed by atoms with Crippen LogP contribution in [0.1, 0.15) is 279 Å². The van der Waals surface area contributed by atoms with Gasteiger partial charge in [0.2, 0.25) is 27.7 Å². The van der Waals surface area contributed by atoms with E-state index in [0.29, 0.717) is 49.0 Å². The number of rotatable bonds is 15. The van der Waals surface area contributed by atoms with Crippen LogP contribution in [0.4, 0.5) is 5.82 Å². The van der Waals surface area contributed by atoms with Crippen LogP contribution in [0.3, 0.4) is 0 Å². The van der Waals surface area contributed by atoms with E-state index in [1.54, 1.807) is 30.2 Å². The molecule has 0 saturated carbocycles. The number of pyridine rings is 4. The van der Waals surface area contributed by atoms with Crippen LogP contribution in [-0.4, -0.2) is 208 Å². The van der Waals surface area contributed by atoms with Gasteiger partial charge in [0.05, 0.1) is 37.1 Å². The Labute approximate surface area is 746 Å². The van der Waals surface area contributed by atoms with E-state index in [2.05, 4.69) is 265 Å². The summed E-state index contributed by atoms with van der Waals surface area (Å²) in [6, 6.07) is 19.4. The molecule has 7 fully saturated rings. The monoisotopic (exact) mass is 1730 g/mol. The van der Waals surface area contributed by atoms with Crippen LogP contribution in [-0.2, 0) is 76.7 Å². The Morgan fingerprint density at radius 1 is 0.452 bits per heavy atom.